The quantitative estimate of drug-likeness (QED) is 0.796. The lowest BCUT2D eigenvalue weighted by molar-refractivity contribution is -0.118. The summed E-state index contributed by atoms with van der Waals surface area (Å²) in [5.74, 6) is 0.193. The molecule has 2 aromatic rings. The van der Waals surface area contributed by atoms with Crippen molar-refractivity contribution in [2.24, 2.45) is 0 Å². The van der Waals surface area contributed by atoms with E-state index in [2.05, 4.69) is 24.8 Å². The monoisotopic (exact) mass is 277 g/mol. The summed E-state index contributed by atoms with van der Waals surface area (Å²) < 4.78 is 0. The molecule has 0 aliphatic carbocycles. The van der Waals surface area contributed by atoms with Crippen LogP contribution in [0.3, 0.4) is 0 Å². The average Bonchev–Trinajstić information content (AvgIpc) is 2.52. The lowest BCUT2D eigenvalue weighted by Crippen LogP contribution is -2.31. The van der Waals surface area contributed by atoms with Crippen molar-refractivity contribution in [3.63, 3.8) is 0 Å². The summed E-state index contributed by atoms with van der Waals surface area (Å²) in [5.41, 5.74) is 4.35. The maximum atomic E-state index is 12.5. The van der Waals surface area contributed by atoms with E-state index >= 15 is 0 Å². The molecular formula is C19H19NO. The summed E-state index contributed by atoms with van der Waals surface area (Å²) in [4.78, 5) is 14.4. The second-order valence-electron chi connectivity index (χ2n) is 5.44. The molecule has 0 aromatic heterocycles. The Morgan fingerprint density at radius 3 is 2.48 bits per heavy atom. The Kier molecular flexibility index (Phi) is 3.87. The zero-order valence-corrected chi connectivity index (χ0v) is 12.1. The van der Waals surface area contributed by atoms with Crippen LogP contribution in [0.15, 0.2) is 61.2 Å². The Balaban J connectivity index is 2.02. The Hall–Kier alpha value is -2.35. The Labute approximate surface area is 125 Å². The standard InChI is InChI=1S/C19H19NO/c1-15-8-7-13-19(21)20(14-16-9-3-2-4-10-16)18-12-6-5-11-17(15)18/h2-6,9-12H,1,7-8,13-14H2. The van der Waals surface area contributed by atoms with Gasteiger partial charge in [-0.3, -0.25) is 4.79 Å². The van der Waals surface area contributed by atoms with E-state index in [0.29, 0.717) is 13.0 Å². The summed E-state index contributed by atoms with van der Waals surface area (Å²) in [6.45, 7) is 4.80. The van der Waals surface area contributed by atoms with Gasteiger partial charge in [0.2, 0.25) is 5.91 Å². The van der Waals surface area contributed by atoms with Crippen molar-refractivity contribution in [3.05, 3.63) is 72.3 Å². The molecule has 2 heteroatoms. The molecule has 0 bridgehead atoms. The first-order chi connectivity index (χ1) is 10.3. The van der Waals surface area contributed by atoms with Gasteiger partial charge in [0, 0.05) is 12.0 Å². The van der Waals surface area contributed by atoms with E-state index in [4.69, 9.17) is 0 Å². The number of carbonyl (C=O) groups is 1. The van der Waals surface area contributed by atoms with E-state index in [1.54, 1.807) is 0 Å². The Morgan fingerprint density at radius 1 is 0.952 bits per heavy atom. The third-order valence-corrected chi connectivity index (χ3v) is 3.93. The number of hydrogen-bond acceptors (Lipinski definition) is 1. The molecule has 0 fully saturated rings. The molecule has 1 aliphatic heterocycles. The highest BCUT2D eigenvalue weighted by molar-refractivity contribution is 5.97. The molecule has 1 heterocycles. The van der Waals surface area contributed by atoms with Crippen LogP contribution in [-0.4, -0.2) is 5.91 Å². The molecule has 0 radical (unpaired) electrons. The van der Waals surface area contributed by atoms with E-state index in [9.17, 15) is 4.79 Å². The number of allylic oxidation sites excluding steroid dienone is 1. The van der Waals surface area contributed by atoms with Gasteiger partial charge in [0.25, 0.3) is 0 Å². The summed E-state index contributed by atoms with van der Waals surface area (Å²) in [6, 6.07) is 18.2. The average molecular weight is 277 g/mol. The summed E-state index contributed by atoms with van der Waals surface area (Å²) >= 11 is 0. The smallest absolute Gasteiger partial charge is 0.227 e. The normalized spacial score (nSPS) is 15.3. The van der Waals surface area contributed by atoms with Crippen LogP contribution in [0.25, 0.3) is 5.57 Å². The second kappa shape index (κ2) is 5.96. The summed E-state index contributed by atoms with van der Waals surface area (Å²) in [6.07, 6.45) is 2.35. The van der Waals surface area contributed by atoms with Gasteiger partial charge in [-0.1, -0.05) is 55.1 Å². The number of carbonyl (C=O) groups excluding carboxylic acids is 1. The van der Waals surface area contributed by atoms with Crippen molar-refractivity contribution in [1.29, 1.82) is 0 Å². The summed E-state index contributed by atoms with van der Waals surface area (Å²) in [5, 5.41) is 0. The molecule has 2 aromatic carbocycles. The molecule has 1 aliphatic rings. The van der Waals surface area contributed by atoms with Crippen LogP contribution in [0, 0.1) is 0 Å². The van der Waals surface area contributed by atoms with E-state index < -0.39 is 0 Å². The molecule has 21 heavy (non-hydrogen) atoms. The molecule has 0 saturated carbocycles. The number of hydrogen-bond donors (Lipinski definition) is 0. The molecule has 0 N–H and O–H groups in total. The Bertz CT molecular complexity index is 660. The van der Waals surface area contributed by atoms with Crippen molar-refractivity contribution >= 4 is 17.2 Å². The van der Waals surface area contributed by atoms with E-state index in [1.165, 1.54) is 0 Å². The minimum Gasteiger partial charge on any atom is -0.307 e. The van der Waals surface area contributed by atoms with Gasteiger partial charge in [0.05, 0.1) is 12.2 Å². The fourth-order valence-corrected chi connectivity index (χ4v) is 2.80. The molecule has 1 amide bonds. The topological polar surface area (TPSA) is 20.3 Å². The third kappa shape index (κ3) is 2.89. The molecule has 106 valence electrons. The van der Waals surface area contributed by atoms with E-state index in [-0.39, 0.29) is 5.91 Å². The van der Waals surface area contributed by atoms with Crippen LogP contribution in [0.4, 0.5) is 5.69 Å². The van der Waals surface area contributed by atoms with Gasteiger partial charge in [0.15, 0.2) is 0 Å². The van der Waals surface area contributed by atoms with Crippen molar-refractivity contribution in [2.45, 2.75) is 25.8 Å². The number of amides is 1. The zero-order chi connectivity index (χ0) is 14.7. The molecule has 0 saturated heterocycles. The van der Waals surface area contributed by atoms with Gasteiger partial charge in [-0.15, -0.1) is 0 Å². The first kappa shape index (κ1) is 13.6. The van der Waals surface area contributed by atoms with Crippen LogP contribution in [0.5, 0.6) is 0 Å². The van der Waals surface area contributed by atoms with Gasteiger partial charge in [-0.2, -0.15) is 0 Å². The molecule has 0 unspecified atom stereocenters. The third-order valence-electron chi connectivity index (χ3n) is 3.93. The number of anilines is 1. The number of fused-ring (bicyclic) bond motifs is 1. The van der Waals surface area contributed by atoms with Gasteiger partial charge >= 0.3 is 0 Å². The lowest BCUT2D eigenvalue weighted by Gasteiger charge is -2.28. The first-order valence-electron chi connectivity index (χ1n) is 7.37. The van der Waals surface area contributed by atoms with Crippen LogP contribution >= 0.6 is 0 Å². The van der Waals surface area contributed by atoms with Gasteiger partial charge < -0.3 is 4.90 Å². The van der Waals surface area contributed by atoms with Crippen LogP contribution in [-0.2, 0) is 11.3 Å². The van der Waals surface area contributed by atoms with Crippen LogP contribution < -0.4 is 4.90 Å². The van der Waals surface area contributed by atoms with Gasteiger partial charge in [-0.05, 0) is 30.0 Å². The molecular weight excluding hydrogens is 258 g/mol. The Morgan fingerprint density at radius 2 is 1.67 bits per heavy atom. The summed E-state index contributed by atoms with van der Waals surface area (Å²) in [7, 11) is 0. The minimum atomic E-state index is 0.193. The molecule has 3 rings (SSSR count). The number of para-hydroxylation sites is 1. The predicted octanol–water partition coefficient (Wildman–Crippen LogP) is 4.42. The highest BCUT2D eigenvalue weighted by Gasteiger charge is 2.22. The molecule has 0 atom stereocenters. The maximum absolute atomic E-state index is 12.5. The number of nitrogens with zero attached hydrogens (tertiary/aromatic N) is 1. The zero-order valence-electron chi connectivity index (χ0n) is 12.1. The second-order valence-corrected chi connectivity index (χ2v) is 5.44. The number of benzene rings is 2. The van der Waals surface area contributed by atoms with Crippen LogP contribution in [0.1, 0.15) is 30.4 Å². The lowest BCUT2D eigenvalue weighted by atomic mass is 9.96. The van der Waals surface area contributed by atoms with Crippen LogP contribution in [0.2, 0.25) is 0 Å². The molecule has 2 nitrogen and oxygen atoms in total. The van der Waals surface area contributed by atoms with Crippen molar-refractivity contribution in [2.75, 3.05) is 4.90 Å². The van der Waals surface area contributed by atoms with E-state index in [1.807, 2.05) is 41.3 Å². The highest BCUT2D eigenvalue weighted by Crippen LogP contribution is 2.33. The number of rotatable bonds is 2. The van der Waals surface area contributed by atoms with Crippen molar-refractivity contribution < 1.29 is 4.79 Å². The van der Waals surface area contributed by atoms with E-state index in [0.717, 1.165) is 35.2 Å². The predicted molar refractivity (Wildman–Crippen MR) is 87.0 cm³/mol. The first-order valence-corrected chi connectivity index (χ1v) is 7.37. The highest BCUT2D eigenvalue weighted by atomic mass is 16.2. The van der Waals surface area contributed by atoms with Gasteiger partial charge in [0.1, 0.15) is 0 Å². The fraction of sp³-hybridized carbons (Fsp3) is 0.211. The van der Waals surface area contributed by atoms with Gasteiger partial charge in [-0.25, -0.2) is 0 Å². The minimum absolute atomic E-state index is 0.193. The van der Waals surface area contributed by atoms with Crippen molar-refractivity contribution in [3.8, 4) is 0 Å². The maximum Gasteiger partial charge on any atom is 0.227 e. The fourth-order valence-electron chi connectivity index (χ4n) is 2.80. The molecule has 0 spiro atoms. The largest absolute Gasteiger partial charge is 0.307 e. The SMILES string of the molecule is C=C1CCCC(=O)N(Cc2ccccc2)c2ccccc21. The van der Waals surface area contributed by atoms with Crippen molar-refractivity contribution in [1.82, 2.24) is 0 Å².